The molecule has 27 heavy (non-hydrogen) atoms. The van der Waals surface area contributed by atoms with E-state index in [2.05, 4.69) is 5.32 Å². The van der Waals surface area contributed by atoms with Crippen LogP contribution in [-0.4, -0.2) is 58.0 Å². The number of benzene rings is 1. The van der Waals surface area contributed by atoms with Gasteiger partial charge in [-0.05, 0) is 12.1 Å². The van der Waals surface area contributed by atoms with Crippen molar-refractivity contribution in [2.45, 2.75) is 5.09 Å². The van der Waals surface area contributed by atoms with Crippen LogP contribution >= 0.6 is 0 Å². The van der Waals surface area contributed by atoms with Crippen molar-refractivity contribution in [1.82, 2.24) is 4.31 Å². The summed E-state index contributed by atoms with van der Waals surface area (Å²) in [6.07, 6.45) is 0.983. The highest BCUT2D eigenvalue weighted by Crippen LogP contribution is 2.37. The monoisotopic (exact) mass is 398 g/mol. The molecule has 0 radical (unpaired) electrons. The molecule has 11 heteroatoms. The predicted octanol–water partition coefficient (Wildman–Crippen LogP) is 1.50. The molecule has 1 aromatic heterocycles. The fourth-order valence-electron chi connectivity index (χ4n) is 2.13. The molecule has 0 bridgehead atoms. The van der Waals surface area contributed by atoms with E-state index in [1.165, 1.54) is 40.4 Å². The van der Waals surface area contributed by atoms with Crippen LogP contribution in [0.25, 0.3) is 0 Å². The molecule has 0 aliphatic carbocycles. The summed E-state index contributed by atoms with van der Waals surface area (Å²) in [6, 6.07) is 3.50. The van der Waals surface area contributed by atoms with Gasteiger partial charge >= 0.3 is 5.97 Å². The van der Waals surface area contributed by atoms with Crippen molar-refractivity contribution in [1.29, 1.82) is 0 Å². The molecule has 2 N–H and O–H groups in total. The number of amides is 1. The zero-order valence-corrected chi connectivity index (χ0v) is 15.8. The molecule has 0 aliphatic rings. The number of hydrogen-bond acceptors (Lipinski definition) is 7. The number of ether oxygens (including phenoxy) is 2. The summed E-state index contributed by atoms with van der Waals surface area (Å²) < 4.78 is 40.2. The van der Waals surface area contributed by atoms with Gasteiger partial charge in [0, 0.05) is 20.2 Å². The minimum Gasteiger partial charge on any atom is -0.493 e. The van der Waals surface area contributed by atoms with Crippen LogP contribution in [0.4, 0.5) is 5.69 Å². The van der Waals surface area contributed by atoms with Gasteiger partial charge in [-0.25, -0.2) is 17.5 Å². The third kappa shape index (κ3) is 4.04. The van der Waals surface area contributed by atoms with Crippen molar-refractivity contribution in [3.8, 4) is 11.5 Å². The fourth-order valence-corrected chi connectivity index (χ4v) is 2.93. The summed E-state index contributed by atoms with van der Waals surface area (Å²) in [6.45, 7) is 0. The van der Waals surface area contributed by atoms with Crippen LogP contribution in [0.5, 0.6) is 11.5 Å². The smallest absolute Gasteiger partial charge is 0.335 e. The Balaban J connectivity index is 2.40. The van der Waals surface area contributed by atoms with Gasteiger partial charge in [0.2, 0.25) is 5.09 Å². The Kier molecular flexibility index (Phi) is 5.76. The van der Waals surface area contributed by atoms with Crippen LogP contribution in [0.1, 0.15) is 20.7 Å². The normalized spacial score (nSPS) is 11.3. The van der Waals surface area contributed by atoms with Gasteiger partial charge in [-0.15, -0.1) is 0 Å². The number of nitrogens with zero attached hydrogens (tertiary/aromatic N) is 1. The molecule has 0 saturated heterocycles. The topological polar surface area (TPSA) is 135 Å². The van der Waals surface area contributed by atoms with Crippen molar-refractivity contribution in [3.05, 3.63) is 35.6 Å². The Labute approximate surface area is 155 Å². The molecular formula is C16H18N2O8S. The average molecular weight is 398 g/mol. The van der Waals surface area contributed by atoms with Gasteiger partial charge in [0.15, 0.2) is 11.5 Å². The molecule has 0 atom stereocenters. The number of carboxylic acids is 1. The molecule has 2 aromatic rings. The summed E-state index contributed by atoms with van der Waals surface area (Å²) in [5, 5.41) is 11.3. The van der Waals surface area contributed by atoms with Crippen molar-refractivity contribution in [2.75, 3.05) is 33.6 Å². The third-order valence-corrected chi connectivity index (χ3v) is 5.23. The zero-order valence-electron chi connectivity index (χ0n) is 15.0. The highest BCUT2D eigenvalue weighted by atomic mass is 32.2. The quantitative estimate of drug-likeness (QED) is 0.716. The lowest BCUT2D eigenvalue weighted by atomic mass is 10.1. The number of rotatable bonds is 7. The van der Waals surface area contributed by atoms with Crippen molar-refractivity contribution in [2.24, 2.45) is 0 Å². The lowest BCUT2D eigenvalue weighted by Gasteiger charge is -2.14. The minimum atomic E-state index is -3.84. The second-order valence-corrected chi connectivity index (χ2v) is 7.54. The summed E-state index contributed by atoms with van der Waals surface area (Å²) in [4.78, 5) is 23.7. The molecule has 1 amide bonds. The Morgan fingerprint density at radius 1 is 1.11 bits per heavy atom. The second-order valence-electron chi connectivity index (χ2n) is 5.46. The first kappa shape index (κ1) is 20.3. The van der Waals surface area contributed by atoms with Gasteiger partial charge in [0.25, 0.3) is 15.9 Å². The Bertz CT molecular complexity index is 978. The van der Waals surface area contributed by atoms with Gasteiger partial charge in [-0.3, -0.25) is 4.79 Å². The molecule has 1 aromatic carbocycles. The average Bonchev–Trinajstić information content (AvgIpc) is 3.11. The van der Waals surface area contributed by atoms with Crippen LogP contribution in [0, 0.1) is 0 Å². The van der Waals surface area contributed by atoms with E-state index < -0.39 is 27.0 Å². The number of carbonyl (C=O) groups is 2. The summed E-state index contributed by atoms with van der Waals surface area (Å²) in [7, 11) is 1.46. The van der Waals surface area contributed by atoms with Gasteiger partial charge < -0.3 is 24.3 Å². The lowest BCUT2D eigenvalue weighted by molar-refractivity contribution is 0.0696. The molecule has 0 spiro atoms. The number of furan rings is 1. The first-order chi connectivity index (χ1) is 12.6. The van der Waals surface area contributed by atoms with Crippen LogP contribution in [0.15, 0.2) is 34.0 Å². The summed E-state index contributed by atoms with van der Waals surface area (Å²) >= 11 is 0. The van der Waals surface area contributed by atoms with Crippen LogP contribution < -0.4 is 14.8 Å². The number of carboxylic acid groups (broad SMARTS) is 1. The highest BCUT2D eigenvalue weighted by Gasteiger charge is 2.24. The predicted molar refractivity (Wildman–Crippen MR) is 94.0 cm³/mol. The van der Waals surface area contributed by atoms with E-state index in [1.807, 2.05) is 0 Å². The van der Waals surface area contributed by atoms with E-state index in [0.717, 1.165) is 16.6 Å². The molecule has 0 fully saturated rings. The standard InChI is InChI=1S/C16H18N2O8S/c1-18(2)27(22,23)13-7-10(8-26-13)15(19)17-11-5-9(16(20)21)6-12(24-3)14(11)25-4/h5-8H,1-4H3,(H,17,19)(H,20,21). The van der Waals surface area contributed by atoms with Gasteiger partial charge in [0.1, 0.15) is 6.26 Å². The Morgan fingerprint density at radius 2 is 1.78 bits per heavy atom. The maximum Gasteiger partial charge on any atom is 0.335 e. The number of nitrogens with one attached hydrogen (secondary N) is 1. The van der Waals surface area contributed by atoms with Gasteiger partial charge in [-0.2, -0.15) is 0 Å². The largest absolute Gasteiger partial charge is 0.493 e. The van der Waals surface area contributed by atoms with Gasteiger partial charge in [0.05, 0.1) is 31.0 Å². The van der Waals surface area contributed by atoms with Gasteiger partial charge in [-0.1, -0.05) is 0 Å². The Hall–Kier alpha value is -3.05. The highest BCUT2D eigenvalue weighted by molar-refractivity contribution is 7.88. The summed E-state index contributed by atoms with van der Waals surface area (Å²) in [5.41, 5.74) is -0.166. The molecule has 0 saturated carbocycles. The van der Waals surface area contributed by atoms with E-state index in [1.54, 1.807) is 0 Å². The first-order valence-electron chi connectivity index (χ1n) is 7.43. The molecule has 1 heterocycles. The molecule has 2 rings (SSSR count). The number of carbonyl (C=O) groups excluding carboxylic acids is 1. The van der Waals surface area contributed by atoms with E-state index >= 15 is 0 Å². The summed E-state index contributed by atoms with van der Waals surface area (Å²) in [5.74, 6) is -1.73. The minimum absolute atomic E-state index is 0.0393. The Morgan fingerprint density at radius 3 is 2.30 bits per heavy atom. The maximum atomic E-state index is 12.4. The number of aromatic carboxylic acids is 1. The zero-order chi connectivity index (χ0) is 20.4. The third-order valence-electron chi connectivity index (χ3n) is 3.55. The first-order valence-corrected chi connectivity index (χ1v) is 8.87. The van der Waals surface area contributed by atoms with Crippen molar-refractivity contribution in [3.63, 3.8) is 0 Å². The van der Waals surface area contributed by atoms with Crippen LogP contribution in [0.3, 0.4) is 0 Å². The molecular weight excluding hydrogens is 380 g/mol. The maximum absolute atomic E-state index is 12.4. The van der Waals surface area contributed by atoms with E-state index in [9.17, 15) is 23.1 Å². The van der Waals surface area contributed by atoms with E-state index in [4.69, 9.17) is 13.9 Å². The van der Waals surface area contributed by atoms with E-state index in [0.29, 0.717) is 0 Å². The second kappa shape index (κ2) is 7.68. The fraction of sp³-hybridized carbons (Fsp3) is 0.250. The van der Waals surface area contributed by atoms with Crippen molar-refractivity contribution >= 4 is 27.6 Å². The molecule has 146 valence electrons. The molecule has 0 aliphatic heterocycles. The lowest BCUT2D eigenvalue weighted by Crippen LogP contribution is -2.21. The number of sulfonamides is 1. The molecule has 0 unspecified atom stereocenters. The van der Waals surface area contributed by atoms with Crippen LogP contribution in [-0.2, 0) is 10.0 Å². The van der Waals surface area contributed by atoms with Crippen LogP contribution in [0.2, 0.25) is 0 Å². The number of methoxy groups -OCH3 is 2. The SMILES string of the molecule is COc1cc(C(=O)O)cc(NC(=O)c2coc(S(=O)(=O)N(C)C)c2)c1OC. The number of anilines is 1. The number of hydrogen-bond donors (Lipinski definition) is 2. The molecule has 10 nitrogen and oxygen atoms in total. The van der Waals surface area contributed by atoms with Crippen molar-refractivity contribution < 1.29 is 37.0 Å². The van der Waals surface area contributed by atoms with E-state index in [-0.39, 0.29) is 28.3 Å².